The standard InChI is InChI=1S/C22H27N3O2S/c26-21(20-8-5-17-28-20)18-6-1-2-7-19(18)22(27)25-15-13-24(14-16-25)12-11-23-9-3-4-10-23/h1-2,5-8,17H,3-4,9-16H2/p+2. The number of piperazine rings is 1. The Morgan fingerprint density at radius 1 is 0.857 bits per heavy atom. The molecule has 4 rings (SSSR count). The van der Waals surface area contributed by atoms with Crippen molar-refractivity contribution in [2.75, 3.05) is 52.4 Å². The van der Waals surface area contributed by atoms with Crippen LogP contribution >= 0.6 is 11.3 Å². The minimum atomic E-state index is -0.0585. The fourth-order valence-electron chi connectivity index (χ4n) is 4.33. The number of rotatable bonds is 6. The van der Waals surface area contributed by atoms with E-state index in [-0.39, 0.29) is 11.7 Å². The van der Waals surface area contributed by atoms with Gasteiger partial charge in [0.25, 0.3) is 5.91 Å². The molecule has 1 aromatic carbocycles. The van der Waals surface area contributed by atoms with E-state index in [0.717, 1.165) is 26.2 Å². The molecular weight excluding hydrogens is 370 g/mol. The summed E-state index contributed by atoms with van der Waals surface area (Å²) >= 11 is 1.42. The van der Waals surface area contributed by atoms with Crippen molar-refractivity contribution in [3.8, 4) is 0 Å². The lowest BCUT2D eigenvalue weighted by atomic mass is 10.0. The molecule has 3 heterocycles. The van der Waals surface area contributed by atoms with Crippen LogP contribution in [-0.4, -0.2) is 68.9 Å². The number of hydrogen-bond donors (Lipinski definition) is 2. The average Bonchev–Trinajstić information content (AvgIpc) is 3.46. The van der Waals surface area contributed by atoms with Gasteiger partial charge in [-0.2, -0.15) is 0 Å². The first-order chi connectivity index (χ1) is 13.7. The van der Waals surface area contributed by atoms with Crippen LogP contribution in [0, 0.1) is 0 Å². The maximum atomic E-state index is 13.1. The Bertz CT molecular complexity index is 807. The van der Waals surface area contributed by atoms with Crippen LogP contribution in [0.3, 0.4) is 0 Å². The molecule has 2 aromatic rings. The number of quaternary nitrogens is 2. The third kappa shape index (κ3) is 4.35. The fraction of sp³-hybridized carbons (Fsp3) is 0.455. The summed E-state index contributed by atoms with van der Waals surface area (Å²) in [6.45, 7) is 8.64. The lowest BCUT2D eigenvalue weighted by Gasteiger charge is -2.32. The molecule has 2 aliphatic rings. The van der Waals surface area contributed by atoms with Gasteiger partial charge in [-0.1, -0.05) is 24.3 Å². The van der Waals surface area contributed by atoms with Gasteiger partial charge in [-0.25, -0.2) is 0 Å². The third-order valence-corrected chi connectivity index (χ3v) is 6.92. The number of thiophene rings is 1. The number of nitrogens with zero attached hydrogens (tertiary/aromatic N) is 1. The summed E-state index contributed by atoms with van der Waals surface area (Å²) in [6.07, 6.45) is 2.74. The summed E-state index contributed by atoms with van der Waals surface area (Å²) in [5, 5.41) is 1.89. The smallest absolute Gasteiger partial charge is 0.255 e. The van der Waals surface area contributed by atoms with E-state index in [1.54, 1.807) is 21.9 Å². The van der Waals surface area contributed by atoms with E-state index in [1.165, 1.54) is 50.4 Å². The molecule has 0 aliphatic carbocycles. The maximum absolute atomic E-state index is 13.1. The van der Waals surface area contributed by atoms with Gasteiger partial charge in [0.05, 0.1) is 49.7 Å². The Labute approximate surface area is 170 Å². The zero-order chi connectivity index (χ0) is 19.3. The van der Waals surface area contributed by atoms with Crippen LogP contribution in [0.25, 0.3) is 0 Å². The second-order valence-corrected chi connectivity index (χ2v) is 8.80. The summed E-state index contributed by atoms with van der Waals surface area (Å²) in [5.41, 5.74) is 1.05. The molecule has 0 atom stereocenters. The van der Waals surface area contributed by atoms with Crippen molar-refractivity contribution in [3.05, 3.63) is 57.8 Å². The summed E-state index contributed by atoms with van der Waals surface area (Å²) in [4.78, 5) is 31.9. The predicted octanol–water partition coefficient (Wildman–Crippen LogP) is -0.00150. The van der Waals surface area contributed by atoms with Crippen LogP contribution < -0.4 is 9.80 Å². The third-order valence-electron chi connectivity index (χ3n) is 6.05. The molecule has 1 aromatic heterocycles. The van der Waals surface area contributed by atoms with Gasteiger partial charge in [-0.05, 0) is 17.5 Å². The van der Waals surface area contributed by atoms with E-state index in [0.29, 0.717) is 16.0 Å². The topological polar surface area (TPSA) is 46.3 Å². The largest absolute Gasteiger partial charge is 0.330 e. The summed E-state index contributed by atoms with van der Waals surface area (Å²) in [7, 11) is 0. The number of likely N-dealkylation sites (tertiary alicyclic amines) is 1. The quantitative estimate of drug-likeness (QED) is 0.672. The fourth-order valence-corrected chi connectivity index (χ4v) is 5.01. The molecule has 5 nitrogen and oxygen atoms in total. The van der Waals surface area contributed by atoms with Crippen LogP contribution in [0.4, 0.5) is 0 Å². The number of nitrogens with one attached hydrogen (secondary N) is 2. The van der Waals surface area contributed by atoms with Crippen LogP contribution in [0.1, 0.15) is 38.4 Å². The second-order valence-electron chi connectivity index (χ2n) is 7.85. The molecule has 0 saturated carbocycles. The van der Waals surface area contributed by atoms with Gasteiger partial charge in [0.15, 0.2) is 0 Å². The lowest BCUT2D eigenvalue weighted by Crippen LogP contribution is -3.21. The number of carbonyl (C=O) groups excluding carboxylic acids is 2. The Morgan fingerprint density at radius 3 is 2.14 bits per heavy atom. The Hall–Kier alpha value is -2.02. The molecule has 148 valence electrons. The Kier molecular flexibility index (Phi) is 6.20. The average molecular weight is 400 g/mol. The zero-order valence-electron chi connectivity index (χ0n) is 16.3. The van der Waals surface area contributed by atoms with Gasteiger partial charge in [0.2, 0.25) is 5.78 Å². The molecule has 2 aliphatic heterocycles. The molecule has 2 fully saturated rings. The molecule has 28 heavy (non-hydrogen) atoms. The number of carbonyl (C=O) groups is 2. The van der Waals surface area contributed by atoms with E-state index < -0.39 is 0 Å². The first-order valence-electron chi connectivity index (χ1n) is 10.4. The van der Waals surface area contributed by atoms with Crippen molar-refractivity contribution in [1.82, 2.24) is 4.90 Å². The van der Waals surface area contributed by atoms with Crippen LogP contribution in [-0.2, 0) is 0 Å². The molecule has 6 heteroatoms. The number of ketones is 1. The van der Waals surface area contributed by atoms with Gasteiger partial charge in [0, 0.05) is 18.4 Å². The summed E-state index contributed by atoms with van der Waals surface area (Å²) in [6, 6.07) is 10.9. The second kappa shape index (κ2) is 8.99. The van der Waals surface area contributed by atoms with E-state index in [2.05, 4.69) is 0 Å². The number of hydrogen-bond acceptors (Lipinski definition) is 3. The molecular formula is C22H29N3O2S+2. The molecule has 0 spiro atoms. The van der Waals surface area contributed by atoms with Crippen molar-refractivity contribution in [2.45, 2.75) is 12.8 Å². The van der Waals surface area contributed by atoms with Crippen LogP contribution in [0.2, 0.25) is 0 Å². The van der Waals surface area contributed by atoms with Crippen LogP contribution in [0.15, 0.2) is 41.8 Å². The van der Waals surface area contributed by atoms with Crippen molar-refractivity contribution in [2.24, 2.45) is 0 Å². The van der Waals surface area contributed by atoms with Crippen LogP contribution in [0.5, 0.6) is 0 Å². The molecule has 2 N–H and O–H groups in total. The maximum Gasteiger partial charge on any atom is 0.255 e. The first kappa shape index (κ1) is 19.3. The highest BCUT2D eigenvalue weighted by Crippen LogP contribution is 2.19. The number of amides is 1. The van der Waals surface area contributed by atoms with E-state index in [1.807, 2.05) is 34.5 Å². The summed E-state index contributed by atoms with van der Waals surface area (Å²) < 4.78 is 0. The number of benzene rings is 1. The predicted molar refractivity (Wildman–Crippen MR) is 110 cm³/mol. The molecule has 1 amide bonds. The minimum absolute atomic E-state index is 0.00951. The van der Waals surface area contributed by atoms with Crippen molar-refractivity contribution in [3.63, 3.8) is 0 Å². The molecule has 0 radical (unpaired) electrons. The van der Waals surface area contributed by atoms with Gasteiger partial charge >= 0.3 is 0 Å². The van der Waals surface area contributed by atoms with E-state index in [9.17, 15) is 9.59 Å². The minimum Gasteiger partial charge on any atom is -0.330 e. The van der Waals surface area contributed by atoms with Gasteiger partial charge in [0.1, 0.15) is 13.1 Å². The SMILES string of the molecule is O=C(c1cccs1)c1ccccc1C(=O)N1CC[NH+](CC[NH+]2CCCC2)CC1. The monoisotopic (exact) mass is 399 g/mol. The Balaban J connectivity index is 1.37. The summed E-state index contributed by atoms with van der Waals surface area (Å²) in [5.74, 6) is -0.0680. The lowest BCUT2D eigenvalue weighted by molar-refractivity contribution is -0.954. The van der Waals surface area contributed by atoms with Gasteiger partial charge in [-0.3, -0.25) is 9.59 Å². The van der Waals surface area contributed by atoms with Gasteiger partial charge in [-0.15, -0.1) is 11.3 Å². The van der Waals surface area contributed by atoms with Crippen molar-refractivity contribution in [1.29, 1.82) is 0 Å². The highest BCUT2D eigenvalue weighted by Gasteiger charge is 2.28. The Morgan fingerprint density at radius 2 is 1.50 bits per heavy atom. The highest BCUT2D eigenvalue weighted by molar-refractivity contribution is 7.12. The molecule has 0 bridgehead atoms. The van der Waals surface area contributed by atoms with Gasteiger partial charge < -0.3 is 14.7 Å². The van der Waals surface area contributed by atoms with E-state index >= 15 is 0 Å². The first-order valence-corrected chi connectivity index (χ1v) is 11.2. The highest BCUT2D eigenvalue weighted by atomic mass is 32.1. The molecule has 0 unspecified atom stereocenters. The van der Waals surface area contributed by atoms with Crippen molar-refractivity contribution < 1.29 is 19.4 Å². The molecule has 2 saturated heterocycles. The zero-order valence-corrected chi connectivity index (χ0v) is 17.1. The van der Waals surface area contributed by atoms with E-state index in [4.69, 9.17) is 0 Å². The van der Waals surface area contributed by atoms with Crippen molar-refractivity contribution >= 4 is 23.0 Å². The normalized spacial score (nSPS) is 18.5.